The van der Waals surface area contributed by atoms with Gasteiger partial charge in [0.25, 0.3) is 0 Å². The average molecular weight is 194 g/mol. The van der Waals surface area contributed by atoms with Crippen LogP contribution in [0.3, 0.4) is 0 Å². The first-order chi connectivity index (χ1) is 5.10. The summed E-state index contributed by atoms with van der Waals surface area (Å²) in [6, 6.07) is -0.704. The highest BCUT2D eigenvalue weighted by atomic mass is 32.2. The van der Waals surface area contributed by atoms with Crippen molar-refractivity contribution in [3.05, 3.63) is 0 Å². The third kappa shape index (κ3) is 7.33. The van der Waals surface area contributed by atoms with Gasteiger partial charge in [-0.2, -0.15) is 0 Å². The summed E-state index contributed by atoms with van der Waals surface area (Å²) in [5, 5.41) is 2.45. The SMILES string of the molecule is CC(C)(C)NC(=O)NS(C)(=O)=O. The molecule has 0 aromatic heterocycles. The molecule has 0 saturated heterocycles. The maximum Gasteiger partial charge on any atom is 0.328 e. The van der Waals surface area contributed by atoms with Crippen LogP contribution in [0.2, 0.25) is 0 Å². The third-order valence-corrected chi connectivity index (χ3v) is 1.32. The van der Waals surface area contributed by atoms with Crippen LogP contribution in [0.5, 0.6) is 0 Å². The molecule has 0 aliphatic rings. The Morgan fingerprint density at radius 2 is 1.67 bits per heavy atom. The Morgan fingerprint density at radius 3 is 1.92 bits per heavy atom. The number of hydrogen-bond donors (Lipinski definition) is 2. The van der Waals surface area contributed by atoms with Gasteiger partial charge >= 0.3 is 6.03 Å². The largest absolute Gasteiger partial charge is 0.333 e. The summed E-state index contributed by atoms with van der Waals surface area (Å²) in [6.07, 6.45) is 0.926. The second kappa shape index (κ2) is 3.30. The van der Waals surface area contributed by atoms with Crippen molar-refractivity contribution < 1.29 is 13.2 Å². The van der Waals surface area contributed by atoms with E-state index in [-0.39, 0.29) is 0 Å². The number of hydrogen-bond acceptors (Lipinski definition) is 3. The van der Waals surface area contributed by atoms with Crippen LogP contribution in [-0.4, -0.2) is 26.2 Å². The van der Waals surface area contributed by atoms with Gasteiger partial charge in [-0.3, -0.25) is 0 Å². The summed E-state index contributed by atoms with van der Waals surface area (Å²) in [5.41, 5.74) is -0.436. The first-order valence-corrected chi connectivity index (χ1v) is 5.29. The molecule has 0 heterocycles. The molecule has 0 unspecified atom stereocenters. The molecular formula is C6H14N2O3S. The molecular weight excluding hydrogens is 180 g/mol. The van der Waals surface area contributed by atoms with E-state index in [1.54, 1.807) is 25.5 Å². The molecule has 0 fully saturated rings. The van der Waals surface area contributed by atoms with Gasteiger partial charge in [-0.05, 0) is 20.8 Å². The Morgan fingerprint density at radius 1 is 1.25 bits per heavy atom. The lowest BCUT2D eigenvalue weighted by Crippen LogP contribution is -2.47. The van der Waals surface area contributed by atoms with Gasteiger partial charge in [-0.1, -0.05) is 0 Å². The van der Waals surface area contributed by atoms with Gasteiger partial charge in [-0.25, -0.2) is 17.9 Å². The zero-order valence-electron chi connectivity index (χ0n) is 7.63. The molecule has 2 N–H and O–H groups in total. The molecule has 0 atom stereocenters. The number of carbonyl (C=O) groups is 1. The maximum atomic E-state index is 10.9. The van der Waals surface area contributed by atoms with Gasteiger partial charge in [0.15, 0.2) is 0 Å². The van der Waals surface area contributed by atoms with Gasteiger partial charge in [0, 0.05) is 5.54 Å². The first kappa shape index (κ1) is 11.2. The normalized spacial score (nSPS) is 12.3. The Kier molecular flexibility index (Phi) is 3.09. The van der Waals surface area contributed by atoms with E-state index in [1.165, 1.54) is 0 Å². The van der Waals surface area contributed by atoms with Crippen LogP contribution in [0, 0.1) is 0 Å². The van der Waals surface area contributed by atoms with Crippen LogP contribution in [0.1, 0.15) is 20.8 Å². The molecule has 12 heavy (non-hydrogen) atoms. The van der Waals surface area contributed by atoms with Crippen molar-refractivity contribution in [3.63, 3.8) is 0 Å². The monoisotopic (exact) mass is 194 g/mol. The van der Waals surface area contributed by atoms with E-state index >= 15 is 0 Å². The summed E-state index contributed by atoms with van der Waals surface area (Å²) in [4.78, 5) is 10.9. The number of urea groups is 1. The second-order valence-corrected chi connectivity index (χ2v) is 5.33. The zero-order valence-corrected chi connectivity index (χ0v) is 8.45. The minimum Gasteiger partial charge on any atom is -0.333 e. The summed E-state index contributed by atoms with van der Waals surface area (Å²) in [6.45, 7) is 5.28. The van der Waals surface area contributed by atoms with Gasteiger partial charge in [0.05, 0.1) is 6.26 Å². The van der Waals surface area contributed by atoms with E-state index < -0.39 is 21.6 Å². The fourth-order valence-corrected chi connectivity index (χ4v) is 0.922. The molecule has 0 aliphatic heterocycles. The van der Waals surface area contributed by atoms with E-state index in [2.05, 4.69) is 5.32 Å². The molecule has 0 saturated carbocycles. The molecule has 72 valence electrons. The number of amides is 2. The minimum absolute atomic E-state index is 0.436. The topological polar surface area (TPSA) is 75.3 Å². The van der Waals surface area contributed by atoms with Crippen LogP contribution in [0.4, 0.5) is 4.79 Å². The van der Waals surface area contributed by atoms with Crippen LogP contribution in [0.15, 0.2) is 0 Å². The van der Waals surface area contributed by atoms with Crippen LogP contribution in [-0.2, 0) is 10.0 Å². The number of sulfonamides is 1. The smallest absolute Gasteiger partial charge is 0.328 e. The van der Waals surface area contributed by atoms with E-state index in [0.29, 0.717) is 0 Å². The zero-order chi connectivity index (χ0) is 9.99. The van der Waals surface area contributed by atoms with E-state index in [1.807, 2.05) is 0 Å². The predicted octanol–water partition coefficient (Wildman–Crippen LogP) is 0.0437. The third-order valence-electron chi connectivity index (χ3n) is 0.767. The number of nitrogens with one attached hydrogen (secondary N) is 2. The Bertz CT molecular complexity index is 263. The summed E-state index contributed by atoms with van der Waals surface area (Å²) in [7, 11) is -3.46. The van der Waals surface area contributed by atoms with Crippen molar-refractivity contribution in [1.29, 1.82) is 0 Å². The summed E-state index contributed by atoms with van der Waals surface area (Å²) >= 11 is 0. The van der Waals surface area contributed by atoms with Gasteiger partial charge in [0.1, 0.15) is 0 Å². The highest BCUT2D eigenvalue weighted by Gasteiger charge is 2.15. The lowest BCUT2D eigenvalue weighted by atomic mass is 10.1. The van der Waals surface area contributed by atoms with Crippen LogP contribution < -0.4 is 10.0 Å². The predicted molar refractivity (Wildman–Crippen MR) is 46.3 cm³/mol. The first-order valence-electron chi connectivity index (χ1n) is 3.40. The standard InChI is InChI=1S/C6H14N2O3S/c1-6(2,3)7-5(9)8-12(4,10)11/h1-4H3,(H2,7,8,9). The van der Waals surface area contributed by atoms with Gasteiger partial charge < -0.3 is 5.32 Å². The molecule has 0 spiro atoms. The molecule has 0 rings (SSSR count). The van der Waals surface area contributed by atoms with Crippen molar-refractivity contribution in [2.75, 3.05) is 6.26 Å². The number of rotatable bonds is 1. The van der Waals surface area contributed by atoms with Crippen molar-refractivity contribution in [2.24, 2.45) is 0 Å². The number of carbonyl (C=O) groups excluding carboxylic acids is 1. The fourth-order valence-electron chi connectivity index (χ4n) is 0.534. The highest BCUT2D eigenvalue weighted by Crippen LogP contribution is 1.97. The molecule has 0 aromatic rings. The molecule has 2 amide bonds. The molecule has 0 radical (unpaired) electrons. The minimum atomic E-state index is -3.46. The van der Waals surface area contributed by atoms with Crippen molar-refractivity contribution in [2.45, 2.75) is 26.3 Å². The molecule has 5 nitrogen and oxygen atoms in total. The van der Waals surface area contributed by atoms with Crippen molar-refractivity contribution in [1.82, 2.24) is 10.0 Å². The van der Waals surface area contributed by atoms with E-state index in [9.17, 15) is 13.2 Å². The van der Waals surface area contributed by atoms with Gasteiger partial charge in [-0.15, -0.1) is 0 Å². The second-order valence-electron chi connectivity index (χ2n) is 3.58. The summed E-state index contributed by atoms with van der Waals surface area (Å²) < 4.78 is 22.9. The maximum absolute atomic E-state index is 10.9. The average Bonchev–Trinajstić information content (AvgIpc) is 1.49. The molecule has 0 aliphatic carbocycles. The fraction of sp³-hybridized carbons (Fsp3) is 0.833. The Balaban J connectivity index is 4.10. The lowest BCUT2D eigenvalue weighted by Gasteiger charge is -2.19. The Labute approximate surface area is 72.6 Å². The lowest BCUT2D eigenvalue weighted by molar-refractivity contribution is 0.237. The van der Waals surface area contributed by atoms with Crippen LogP contribution in [0.25, 0.3) is 0 Å². The quantitative estimate of drug-likeness (QED) is 0.619. The summed E-state index contributed by atoms with van der Waals surface area (Å²) in [5.74, 6) is 0. The van der Waals surface area contributed by atoms with E-state index in [4.69, 9.17) is 0 Å². The van der Waals surface area contributed by atoms with Crippen molar-refractivity contribution >= 4 is 16.1 Å². The Hall–Kier alpha value is -0.780. The molecule has 0 bridgehead atoms. The van der Waals surface area contributed by atoms with Crippen molar-refractivity contribution in [3.8, 4) is 0 Å². The van der Waals surface area contributed by atoms with Gasteiger partial charge in [0.2, 0.25) is 10.0 Å². The molecule has 6 heteroatoms. The molecule has 0 aromatic carbocycles. The van der Waals surface area contributed by atoms with E-state index in [0.717, 1.165) is 6.26 Å². The highest BCUT2D eigenvalue weighted by molar-refractivity contribution is 7.89. The van der Waals surface area contributed by atoms with Crippen LogP contribution >= 0.6 is 0 Å².